The molecule has 1 aromatic rings. The van der Waals surface area contributed by atoms with Crippen LogP contribution in [-0.2, 0) is 0 Å². The summed E-state index contributed by atoms with van der Waals surface area (Å²) in [5.74, 6) is -0.404. The van der Waals surface area contributed by atoms with Crippen molar-refractivity contribution in [2.24, 2.45) is 0 Å². The van der Waals surface area contributed by atoms with Crippen LogP contribution in [0, 0.1) is 0 Å². The van der Waals surface area contributed by atoms with Crippen LogP contribution in [-0.4, -0.2) is 24.4 Å². The smallest absolute Gasteiger partial charge is 0.254 e. The highest BCUT2D eigenvalue weighted by Gasteiger charge is 2.30. The third kappa shape index (κ3) is 4.18. The molecule has 1 amide bonds. The number of nitrogens with zero attached hydrogens (tertiary/aromatic N) is 1. The number of pyridine rings is 1. The number of aliphatic hydroxyl groups is 1. The van der Waals surface area contributed by atoms with Crippen LogP contribution in [0.1, 0.15) is 10.4 Å². The van der Waals surface area contributed by atoms with E-state index in [0.717, 1.165) is 0 Å². The molecule has 0 spiro atoms. The van der Waals surface area contributed by atoms with Gasteiger partial charge in [0.25, 0.3) is 5.91 Å². The van der Waals surface area contributed by atoms with Crippen molar-refractivity contribution < 1.29 is 9.90 Å². The van der Waals surface area contributed by atoms with E-state index in [9.17, 15) is 9.90 Å². The highest BCUT2D eigenvalue weighted by Crippen LogP contribution is 2.36. The highest BCUT2D eigenvalue weighted by atomic mass is 80.0. The van der Waals surface area contributed by atoms with Gasteiger partial charge in [0.05, 0.1) is 5.56 Å². The number of halogens is 3. The molecule has 1 unspecified atom stereocenters. The molecule has 0 aliphatic rings. The van der Waals surface area contributed by atoms with Crippen molar-refractivity contribution in [1.82, 2.24) is 10.3 Å². The van der Waals surface area contributed by atoms with Gasteiger partial charge in [-0.3, -0.25) is 9.78 Å². The monoisotopic (exact) mass is 400 g/mol. The summed E-state index contributed by atoms with van der Waals surface area (Å²) < 4.78 is -0.940. The Morgan fingerprint density at radius 3 is 2.67 bits per heavy atom. The first-order valence-electron chi connectivity index (χ1n) is 3.87. The first-order chi connectivity index (χ1) is 6.91. The molecular weight excluding hydrogens is 396 g/mol. The normalized spacial score (nSPS) is 13.3. The van der Waals surface area contributed by atoms with Gasteiger partial charge in [-0.25, -0.2) is 0 Å². The topological polar surface area (TPSA) is 62.2 Å². The number of aliphatic hydroxyl groups excluding tert-OH is 1. The van der Waals surface area contributed by atoms with Crippen molar-refractivity contribution in [1.29, 1.82) is 0 Å². The second-order valence-electron chi connectivity index (χ2n) is 2.66. The third-order valence-corrected chi connectivity index (χ3v) is 2.80. The summed E-state index contributed by atoms with van der Waals surface area (Å²) in [6.07, 6.45) is 1.86. The second kappa shape index (κ2) is 5.38. The molecule has 0 bridgehead atoms. The number of alkyl halides is 3. The summed E-state index contributed by atoms with van der Waals surface area (Å²) in [5.41, 5.74) is 0.383. The van der Waals surface area contributed by atoms with Crippen molar-refractivity contribution in [2.45, 2.75) is 8.37 Å². The number of amides is 1. The minimum absolute atomic E-state index is 0.383. The average molecular weight is 403 g/mol. The van der Waals surface area contributed by atoms with Crippen molar-refractivity contribution in [2.75, 3.05) is 0 Å². The summed E-state index contributed by atoms with van der Waals surface area (Å²) in [6.45, 7) is 0. The SMILES string of the molecule is O=C(NC(O)C(Br)(Br)Br)c1cccnc1. The lowest BCUT2D eigenvalue weighted by atomic mass is 10.3. The minimum atomic E-state index is -1.12. The lowest BCUT2D eigenvalue weighted by Crippen LogP contribution is -2.42. The van der Waals surface area contributed by atoms with Crippen LogP contribution >= 0.6 is 47.8 Å². The van der Waals surface area contributed by atoms with Crippen LogP contribution in [0.5, 0.6) is 0 Å². The Balaban J connectivity index is 2.65. The van der Waals surface area contributed by atoms with Gasteiger partial charge in [0.1, 0.15) is 0 Å². The van der Waals surface area contributed by atoms with Crippen LogP contribution in [0.3, 0.4) is 0 Å². The molecule has 15 heavy (non-hydrogen) atoms. The van der Waals surface area contributed by atoms with Crippen LogP contribution in [0.15, 0.2) is 24.5 Å². The molecule has 1 aromatic heterocycles. The fourth-order valence-corrected chi connectivity index (χ4v) is 1.13. The van der Waals surface area contributed by atoms with E-state index in [2.05, 4.69) is 58.1 Å². The van der Waals surface area contributed by atoms with Gasteiger partial charge in [0.2, 0.25) is 0 Å². The zero-order chi connectivity index (χ0) is 11.5. The van der Waals surface area contributed by atoms with E-state index in [1.54, 1.807) is 18.3 Å². The molecule has 1 atom stereocenters. The lowest BCUT2D eigenvalue weighted by Gasteiger charge is -2.20. The molecule has 0 fully saturated rings. The number of hydrogen-bond acceptors (Lipinski definition) is 3. The molecule has 0 aromatic carbocycles. The van der Waals surface area contributed by atoms with Gasteiger partial charge in [-0.15, -0.1) is 0 Å². The highest BCUT2D eigenvalue weighted by molar-refractivity contribution is 9.39. The van der Waals surface area contributed by atoms with Crippen LogP contribution in [0.4, 0.5) is 0 Å². The minimum Gasteiger partial charge on any atom is -0.370 e. The fourth-order valence-electron chi connectivity index (χ4n) is 0.786. The molecule has 1 rings (SSSR count). The van der Waals surface area contributed by atoms with Gasteiger partial charge in [0, 0.05) is 12.4 Å². The molecule has 4 nitrogen and oxygen atoms in total. The van der Waals surface area contributed by atoms with E-state index in [1.807, 2.05) is 0 Å². The molecule has 1 heterocycles. The summed E-state index contributed by atoms with van der Waals surface area (Å²) >= 11 is 9.29. The number of aromatic nitrogens is 1. The number of carbonyl (C=O) groups excluding carboxylic acids is 1. The Kier molecular flexibility index (Phi) is 4.69. The maximum Gasteiger partial charge on any atom is 0.254 e. The van der Waals surface area contributed by atoms with E-state index >= 15 is 0 Å². The van der Waals surface area contributed by atoms with E-state index < -0.39 is 14.3 Å². The van der Waals surface area contributed by atoms with E-state index in [0.29, 0.717) is 5.56 Å². The largest absolute Gasteiger partial charge is 0.370 e. The Bertz CT molecular complexity index is 339. The standard InChI is InChI=1S/C8H7Br3N2O2/c9-8(10,11)7(15)13-6(14)5-2-1-3-12-4-5/h1-4,7,15H,(H,13,14). The number of nitrogens with one attached hydrogen (secondary N) is 1. The Morgan fingerprint density at radius 2 is 2.20 bits per heavy atom. The summed E-state index contributed by atoms with van der Waals surface area (Å²) in [4.78, 5) is 15.3. The average Bonchev–Trinajstić information content (AvgIpc) is 2.17. The third-order valence-electron chi connectivity index (χ3n) is 1.50. The molecule has 0 radical (unpaired) electrons. The maximum absolute atomic E-state index is 11.5. The summed E-state index contributed by atoms with van der Waals surface area (Å²) in [5, 5.41) is 11.9. The van der Waals surface area contributed by atoms with Gasteiger partial charge in [-0.2, -0.15) is 0 Å². The maximum atomic E-state index is 11.5. The first kappa shape index (κ1) is 13.1. The second-order valence-corrected chi connectivity index (χ2v) is 9.60. The van der Waals surface area contributed by atoms with Crippen LogP contribution in [0.2, 0.25) is 0 Å². The van der Waals surface area contributed by atoms with Gasteiger partial charge in [-0.1, -0.05) is 47.8 Å². The van der Waals surface area contributed by atoms with E-state index in [4.69, 9.17) is 0 Å². The molecule has 0 saturated carbocycles. The van der Waals surface area contributed by atoms with Crippen molar-refractivity contribution in [3.63, 3.8) is 0 Å². The first-order valence-corrected chi connectivity index (χ1v) is 6.25. The lowest BCUT2D eigenvalue weighted by molar-refractivity contribution is 0.0809. The van der Waals surface area contributed by atoms with Crippen molar-refractivity contribution >= 4 is 53.7 Å². The zero-order valence-electron chi connectivity index (χ0n) is 7.32. The van der Waals surface area contributed by atoms with E-state index in [-0.39, 0.29) is 0 Å². The molecule has 0 saturated heterocycles. The predicted molar refractivity (Wildman–Crippen MR) is 67.2 cm³/mol. The van der Waals surface area contributed by atoms with Gasteiger partial charge < -0.3 is 10.4 Å². The Hall–Kier alpha value is 0.0200. The Labute approximate surface area is 112 Å². The number of rotatable bonds is 2. The summed E-state index contributed by atoms with van der Waals surface area (Å²) in [7, 11) is 0. The molecule has 2 N–H and O–H groups in total. The van der Waals surface area contributed by atoms with E-state index in [1.165, 1.54) is 6.20 Å². The molecule has 0 aliphatic carbocycles. The Morgan fingerprint density at radius 1 is 1.53 bits per heavy atom. The van der Waals surface area contributed by atoms with Crippen LogP contribution < -0.4 is 5.32 Å². The van der Waals surface area contributed by atoms with Gasteiger partial charge in [0.15, 0.2) is 8.37 Å². The molecular formula is C8H7Br3N2O2. The molecule has 82 valence electrons. The number of carbonyl (C=O) groups is 1. The van der Waals surface area contributed by atoms with Gasteiger partial charge >= 0.3 is 0 Å². The van der Waals surface area contributed by atoms with Crippen molar-refractivity contribution in [3.05, 3.63) is 30.1 Å². The summed E-state index contributed by atoms with van der Waals surface area (Å²) in [6, 6.07) is 3.25. The fraction of sp³-hybridized carbons (Fsp3) is 0.250. The molecule has 7 heteroatoms. The number of hydrogen-bond donors (Lipinski definition) is 2. The molecule has 0 aliphatic heterocycles. The predicted octanol–water partition coefficient (Wildman–Crippen LogP) is 1.97. The van der Waals surface area contributed by atoms with Crippen LogP contribution in [0.25, 0.3) is 0 Å². The van der Waals surface area contributed by atoms with Crippen molar-refractivity contribution in [3.8, 4) is 0 Å². The zero-order valence-corrected chi connectivity index (χ0v) is 12.1. The van der Waals surface area contributed by atoms with Gasteiger partial charge in [-0.05, 0) is 12.1 Å². The quantitative estimate of drug-likeness (QED) is 0.587.